The van der Waals surface area contributed by atoms with Crippen LogP contribution in [0.3, 0.4) is 0 Å². The summed E-state index contributed by atoms with van der Waals surface area (Å²) in [6, 6.07) is 3.12. The summed E-state index contributed by atoms with van der Waals surface area (Å²) >= 11 is 0. The van der Waals surface area contributed by atoms with Gasteiger partial charge in [-0.25, -0.2) is 4.98 Å². The molecule has 0 aliphatic carbocycles. The van der Waals surface area contributed by atoms with Gasteiger partial charge in [0.25, 0.3) is 0 Å². The Hall–Kier alpha value is -2.11. The highest BCUT2D eigenvalue weighted by Gasteiger charge is 2.16. The number of carbonyl (C=O) groups is 2. The van der Waals surface area contributed by atoms with Gasteiger partial charge < -0.3 is 16.2 Å². The number of rotatable bonds is 7. The second-order valence-electron chi connectivity index (χ2n) is 4.45. The predicted octanol–water partition coefficient (Wildman–Crippen LogP) is 1.40. The van der Waals surface area contributed by atoms with Crippen molar-refractivity contribution in [2.75, 3.05) is 11.9 Å². The standard InChI is InChI=1S/C13H19N3O3/c1-3-4-9(13(18)19)7-15-11-6-10(12(14)17)5-8(2)16-11/h5-6,9H,3-4,7H2,1-2H3,(H2,14,17)(H,15,16)(H,18,19). The average molecular weight is 265 g/mol. The van der Waals surface area contributed by atoms with Crippen LogP contribution in [0.25, 0.3) is 0 Å². The van der Waals surface area contributed by atoms with E-state index in [1.807, 2.05) is 6.92 Å². The molecule has 0 bridgehead atoms. The Labute approximate surface area is 112 Å². The molecular formula is C13H19N3O3. The van der Waals surface area contributed by atoms with Gasteiger partial charge in [0.2, 0.25) is 5.91 Å². The molecule has 104 valence electrons. The molecule has 4 N–H and O–H groups in total. The lowest BCUT2D eigenvalue weighted by Crippen LogP contribution is -2.23. The van der Waals surface area contributed by atoms with Crippen LogP contribution in [0.5, 0.6) is 0 Å². The van der Waals surface area contributed by atoms with Crippen molar-refractivity contribution < 1.29 is 14.7 Å². The minimum absolute atomic E-state index is 0.276. The Kier molecular flexibility index (Phi) is 5.29. The summed E-state index contributed by atoms with van der Waals surface area (Å²) in [5.74, 6) is -1.37. The van der Waals surface area contributed by atoms with Crippen LogP contribution in [0.1, 0.15) is 35.8 Å². The molecule has 1 rings (SSSR count). The predicted molar refractivity (Wildman–Crippen MR) is 72.0 cm³/mol. The minimum Gasteiger partial charge on any atom is -0.481 e. The lowest BCUT2D eigenvalue weighted by atomic mass is 10.0. The number of primary amides is 1. The first-order valence-electron chi connectivity index (χ1n) is 6.19. The van der Waals surface area contributed by atoms with E-state index in [1.165, 1.54) is 6.07 Å². The molecule has 0 spiro atoms. The molecule has 0 saturated heterocycles. The van der Waals surface area contributed by atoms with E-state index in [4.69, 9.17) is 10.8 Å². The molecule has 1 unspecified atom stereocenters. The number of nitrogens with two attached hydrogens (primary N) is 1. The summed E-state index contributed by atoms with van der Waals surface area (Å²) < 4.78 is 0. The number of nitrogens with zero attached hydrogens (tertiary/aromatic N) is 1. The van der Waals surface area contributed by atoms with Crippen LogP contribution in [-0.4, -0.2) is 28.5 Å². The topological polar surface area (TPSA) is 105 Å². The number of carbonyl (C=O) groups excluding carboxylic acids is 1. The first kappa shape index (κ1) is 14.9. The van der Waals surface area contributed by atoms with Crippen molar-refractivity contribution in [3.63, 3.8) is 0 Å². The maximum Gasteiger partial charge on any atom is 0.308 e. The van der Waals surface area contributed by atoms with E-state index in [-0.39, 0.29) is 6.54 Å². The Morgan fingerprint density at radius 1 is 1.47 bits per heavy atom. The number of aliphatic carboxylic acids is 1. The fourth-order valence-corrected chi connectivity index (χ4v) is 1.79. The summed E-state index contributed by atoms with van der Waals surface area (Å²) in [5, 5.41) is 12.0. The van der Waals surface area contributed by atoms with Crippen LogP contribution in [-0.2, 0) is 4.79 Å². The molecule has 1 amide bonds. The summed E-state index contributed by atoms with van der Waals surface area (Å²) in [5.41, 5.74) is 6.23. The van der Waals surface area contributed by atoms with Crippen molar-refractivity contribution in [2.24, 2.45) is 11.7 Å². The minimum atomic E-state index is -0.836. The smallest absolute Gasteiger partial charge is 0.308 e. The lowest BCUT2D eigenvalue weighted by molar-refractivity contribution is -0.141. The first-order chi connectivity index (χ1) is 8.93. The third-order valence-electron chi connectivity index (χ3n) is 2.75. The molecule has 0 aliphatic heterocycles. The van der Waals surface area contributed by atoms with E-state index in [0.29, 0.717) is 23.5 Å². The van der Waals surface area contributed by atoms with Crippen LogP contribution < -0.4 is 11.1 Å². The number of aryl methyl sites for hydroxylation is 1. The van der Waals surface area contributed by atoms with Crippen molar-refractivity contribution in [3.05, 3.63) is 23.4 Å². The van der Waals surface area contributed by atoms with Crippen molar-refractivity contribution in [3.8, 4) is 0 Å². The summed E-state index contributed by atoms with van der Waals surface area (Å²) in [6.07, 6.45) is 1.39. The monoisotopic (exact) mass is 265 g/mol. The molecule has 0 saturated carbocycles. The normalized spacial score (nSPS) is 11.9. The third kappa shape index (κ3) is 4.57. The first-order valence-corrected chi connectivity index (χ1v) is 6.19. The highest BCUT2D eigenvalue weighted by atomic mass is 16.4. The van der Waals surface area contributed by atoms with Crippen molar-refractivity contribution in [2.45, 2.75) is 26.7 Å². The molecule has 1 aromatic rings. The van der Waals surface area contributed by atoms with E-state index in [1.54, 1.807) is 13.0 Å². The number of amides is 1. The Morgan fingerprint density at radius 2 is 2.16 bits per heavy atom. The van der Waals surface area contributed by atoms with Gasteiger partial charge >= 0.3 is 5.97 Å². The number of hydrogen-bond acceptors (Lipinski definition) is 4. The number of nitrogens with one attached hydrogen (secondary N) is 1. The molecular weight excluding hydrogens is 246 g/mol. The van der Waals surface area contributed by atoms with Crippen LogP contribution in [0.4, 0.5) is 5.82 Å². The van der Waals surface area contributed by atoms with Gasteiger partial charge in [-0.2, -0.15) is 0 Å². The zero-order chi connectivity index (χ0) is 14.4. The molecule has 1 atom stereocenters. The van der Waals surface area contributed by atoms with Crippen molar-refractivity contribution in [1.29, 1.82) is 0 Å². The second kappa shape index (κ2) is 6.72. The van der Waals surface area contributed by atoms with Gasteiger partial charge in [-0.1, -0.05) is 13.3 Å². The van der Waals surface area contributed by atoms with Gasteiger partial charge in [0.15, 0.2) is 0 Å². The number of pyridine rings is 1. The lowest BCUT2D eigenvalue weighted by Gasteiger charge is -2.13. The largest absolute Gasteiger partial charge is 0.481 e. The van der Waals surface area contributed by atoms with Crippen LogP contribution in [0.2, 0.25) is 0 Å². The molecule has 0 aromatic carbocycles. The van der Waals surface area contributed by atoms with Crippen molar-refractivity contribution >= 4 is 17.7 Å². The van der Waals surface area contributed by atoms with Gasteiger partial charge in [-0.15, -0.1) is 0 Å². The number of hydrogen-bond donors (Lipinski definition) is 3. The summed E-state index contributed by atoms with van der Waals surface area (Å²) in [7, 11) is 0. The zero-order valence-corrected chi connectivity index (χ0v) is 11.1. The van der Waals surface area contributed by atoms with Gasteiger partial charge in [0.1, 0.15) is 5.82 Å². The number of carboxylic acid groups (broad SMARTS) is 1. The van der Waals surface area contributed by atoms with Gasteiger partial charge in [-0.05, 0) is 25.5 Å². The van der Waals surface area contributed by atoms with Gasteiger partial charge in [0.05, 0.1) is 5.92 Å². The van der Waals surface area contributed by atoms with Crippen LogP contribution in [0.15, 0.2) is 12.1 Å². The Morgan fingerprint density at radius 3 is 2.68 bits per heavy atom. The SMILES string of the molecule is CCCC(CNc1cc(C(N)=O)cc(C)n1)C(=O)O. The Bertz CT molecular complexity index is 474. The van der Waals surface area contributed by atoms with Gasteiger partial charge in [-0.3, -0.25) is 9.59 Å². The third-order valence-corrected chi connectivity index (χ3v) is 2.75. The quantitative estimate of drug-likeness (QED) is 0.691. The number of carboxylic acids is 1. The van der Waals surface area contributed by atoms with Crippen LogP contribution in [0, 0.1) is 12.8 Å². The highest BCUT2D eigenvalue weighted by Crippen LogP contribution is 2.12. The van der Waals surface area contributed by atoms with E-state index in [9.17, 15) is 9.59 Å². The molecule has 1 heterocycles. The van der Waals surface area contributed by atoms with E-state index in [0.717, 1.165) is 6.42 Å². The molecule has 1 aromatic heterocycles. The molecule has 19 heavy (non-hydrogen) atoms. The number of aromatic nitrogens is 1. The molecule has 0 fully saturated rings. The molecule has 6 nitrogen and oxygen atoms in total. The summed E-state index contributed by atoms with van der Waals surface area (Å²) in [4.78, 5) is 26.3. The maximum absolute atomic E-state index is 11.1. The molecule has 0 radical (unpaired) electrons. The Balaban J connectivity index is 2.76. The fourth-order valence-electron chi connectivity index (χ4n) is 1.79. The fraction of sp³-hybridized carbons (Fsp3) is 0.462. The van der Waals surface area contributed by atoms with Crippen LogP contribution >= 0.6 is 0 Å². The second-order valence-corrected chi connectivity index (χ2v) is 4.45. The maximum atomic E-state index is 11.1. The number of anilines is 1. The van der Waals surface area contributed by atoms with Gasteiger partial charge in [0, 0.05) is 17.8 Å². The highest BCUT2D eigenvalue weighted by molar-refractivity contribution is 5.93. The molecule has 0 aliphatic rings. The van der Waals surface area contributed by atoms with E-state index >= 15 is 0 Å². The molecule has 6 heteroatoms. The summed E-state index contributed by atoms with van der Waals surface area (Å²) in [6.45, 7) is 3.96. The average Bonchev–Trinajstić information content (AvgIpc) is 2.33. The van der Waals surface area contributed by atoms with Crippen molar-refractivity contribution in [1.82, 2.24) is 4.98 Å². The van der Waals surface area contributed by atoms with E-state index < -0.39 is 17.8 Å². The zero-order valence-electron chi connectivity index (χ0n) is 11.1. The van der Waals surface area contributed by atoms with E-state index in [2.05, 4.69) is 10.3 Å².